The molecule has 3 nitrogen and oxygen atoms in total. The third-order valence-corrected chi connectivity index (χ3v) is 4.89. The van der Waals surface area contributed by atoms with Crippen LogP contribution < -0.4 is 5.32 Å². The Balaban J connectivity index is 1.89. The van der Waals surface area contributed by atoms with Crippen LogP contribution in [0.5, 0.6) is 0 Å². The van der Waals surface area contributed by atoms with Gasteiger partial charge in [0.2, 0.25) is 0 Å². The molecule has 1 fully saturated rings. The van der Waals surface area contributed by atoms with Gasteiger partial charge in [0.25, 0.3) is 0 Å². The van der Waals surface area contributed by atoms with Crippen molar-refractivity contribution < 1.29 is 0 Å². The molecule has 1 aromatic heterocycles. The summed E-state index contributed by atoms with van der Waals surface area (Å²) >= 11 is 0. The van der Waals surface area contributed by atoms with E-state index < -0.39 is 0 Å². The van der Waals surface area contributed by atoms with E-state index in [0.717, 1.165) is 21.0 Å². The zero-order chi connectivity index (χ0) is 12.8. The van der Waals surface area contributed by atoms with E-state index in [9.17, 15) is 0 Å². The number of hydrogen-bond acceptors (Lipinski definition) is 3. The first-order chi connectivity index (χ1) is 8.81. The van der Waals surface area contributed by atoms with Gasteiger partial charge in [0, 0.05) is 24.8 Å². The lowest BCUT2D eigenvalue weighted by atomic mass is 9.90. The molecule has 100 valence electrons. The minimum atomic E-state index is 0.623. The van der Waals surface area contributed by atoms with Gasteiger partial charge in [-0.1, -0.05) is 27.6 Å². The fourth-order valence-corrected chi connectivity index (χ4v) is 3.36. The monoisotopic (exact) mass is 265 g/mol. The normalized spacial score (nSPS) is 25.1. The third kappa shape index (κ3) is 3.74. The number of hydrogen-bond donors (Lipinski definition) is 1. The molecule has 0 aromatic carbocycles. The van der Waals surface area contributed by atoms with Crippen molar-refractivity contribution in [3.8, 4) is 0 Å². The Morgan fingerprint density at radius 2 is 2.22 bits per heavy atom. The number of nitrogens with zero attached hydrogens (tertiary/aromatic N) is 2. The predicted molar refractivity (Wildman–Crippen MR) is 79.1 cm³/mol. The molecule has 0 bridgehead atoms. The molecule has 1 aliphatic carbocycles. The highest BCUT2D eigenvalue weighted by Crippen LogP contribution is 2.27. The molecule has 4 heteroatoms. The van der Waals surface area contributed by atoms with Crippen molar-refractivity contribution in [2.24, 2.45) is 0 Å². The molecule has 1 heterocycles. The summed E-state index contributed by atoms with van der Waals surface area (Å²) in [5, 5.41) is 3.70. The zero-order valence-corrected chi connectivity index (χ0v) is 12.4. The fraction of sp³-hybridized carbons (Fsp3) is 0.643. The first-order valence-electron chi connectivity index (χ1n) is 6.85. The van der Waals surface area contributed by atoms with Crippen LogP contribution in [0.3, 0.4) is 0 Å². The lowest BCUT2D eigenvalue weighted by Gasteiger charge is -2.37. The first-order valence-corrected chi connectivity index (χ1v) is 8.29. The fourth-order valence-electron chi connectivity index (χ4n) is 2.72. The minimum absolute atomic E-state index is 0.623. The summed E-state index contributed by atoms with van der Waals surface area (Å²) in [7, 11) is 3.15. The number of rotatable bonds is 5. The molecule has 1 N–H and O–H groups in total. The molecule has 1 saturated carbocycles. The van der Waals surface area contributed by atoms with Gasteiger partial charge in [-0.05, 0) is 38.7 Å². The summed E-state index contributed by atoms with van der Waals surface area (Å²) in [5.41, 5.74) is 1.14. The van der Waals surface area contributed by atoms with Gasteiger partial charge in [0.1, 0.15) is 0 Å². The van der Waals surface area contributed by atoms with Crippen molar-refractivity contribution in [1.82, 2.24) is 15.0 Å². The molecule has 0 radical (unpaired) electrons. The Hall–Kier alpha value is -0.500. The maximum Gasteiger partial charge on any atom is 0.0541 e. The Morgan fingerprint density at radius 1 is 1.39 bits per heavy atom. The van der Waals surface area contributed by atoms with Crippen LogP contribution in [0.1, 0.15) is 31.4 Å². The van der Waals surface area contributed by atoms with Gasteiger partial charge in [-0.2, -0.15) is 0 Å². The van der Waals surface area contributed by atoms with Crippen LogP contribution in [0.25, 0.3) is 0 Å². The average molecular weight is 265 g/mol. The summed E-state index contributed by atoms with van der Waals surface area (Å²) in [6.45, 7) is 3.16. The summed E-state index contributed by atoms with van der Waals surface area (Å²) in [6, 6.07) is 7.45. The molecule has 0 amide bonds. The molecule has 3 atom stereocenters. The second kappa shape index (κ2) is 7.18. The first kappa shape index (κ1) is 13.9. The van der Waals surface area contributed by atoms with Crippen LogP contribution in [0.4, 0.5) is 0 Å². The van der Waals surface area contributed by atoms with Crippen LogP contribution in [0, 0.1) is 0 Å². The Morgan fingerprint density at radius 3 is 2.94 bits per heavy atom. The Kier molecular flexibility index (Phi) is 5.55. The SMILES string of the molecule is CPN(C)C1CCCCC1NCc1ccccn1. The maximum atomic E-state index is 4.38. The van der Waals surface area contributed by atoms with Gasteiger partial charge in [-0.15, -0.1) is 0 Å². The standard InChI is InChI=1S/C14H24N3P/c1-17(18-2)14-9-4-3-8-13(14)16-11-12-7-5-6-10-15-12/h5-7,10,13-14,16,18H,3-4,8-9,11H2,1-2H3. The number of aromatic nitrogens is 1. The van der Waals surface area contributed by atoms with Crippen LogP contribution in [-0.2, 0) is 6.54 Å². The van der Waals surface area contributed by atoms with Crippen LogP contribution in [-0.4, -0.2) is 35.5 Å². The van der Waals surface area contributed by atoms with E-state index >= 15 is 0 Å². The molecule has 0 saturated heterocycles. The summed E-state index contributed by atoms with van der Waals surface area (Å²) in [6.07, 6.45) is 7.23. The lowest BCUT2D eigenvalue weighted by molar-refractivity contribution is 0.229. The topological polar surface area (TPSA) is 28.2 Å². The smallest absolute Gasteiger partial charge is 0.0541 e. The Bertz CT molecular complexity index is 344. The molecule has 0 spiro atoms. The summed E-state index contributed by atoms with van der Waals surface area (Å²) in [4.78, 5) is 4.38. The largest absolute Gasteiger partial charge is 0.307 e. The molecule has 1 aliphatic rings. The molecular formula is C14H24N3P. The van der Waals surface area contributed by atoms with Crippen molar-refractivity contribution in [2.75, 3.05) is 13.7 Å². The van der Waals surface area contributed by atoms with Gasteiger partial charge in [0.05, 0.1) is 5.69 Å². The van der Waals surface area contributed by atoms with Gasteiger partial charge in [0.15, 0.2) is 0 Å². The van der Waals surface area contributed by atoms with Crippen molar-refractivity contribution in [1.29, 1.82) is 0 Å². The van der Waals surface area contributed by atoms with E-state index in [1.165, 1.54) is 25.7 Å². The lowest BCUT2D eigenvalue weighted by Crippen LogP contribution is -2.47. The highest BCUT2D eigenvalue weighted by Gasteiger charge is 2.27. The number of pyridine rings is 1. The van der Waals surface area contributed by atoms with Crippen LogP contribution >= 0.6 is 8.73 Å². The van der Waals surface area contributed by atoms with E-state index in [0.29, 0.717) is 12.1 Å². The molecule has 1 aromatic rings. The second-order valence-electron chi connectivity index (χ2n) is 4.99. The van der Waals surface area contributed by atoms with Gasteiger partial charge < -0.3 is 5.32 Å². The molecule has 3 unspecified atom stereocenters. The highest BCUT2D eigenvalue weighted by atomic mass is 31.1. The molecule has 0 aliphatic heterocycles. The zero-order valence-electron chi connectivity index (χ0n) is 11.4. The summed E-state index contributed by atoms with van der Waals surface area (Å²) < 4.78 is 2.51. The van der Waals surface area contributed by atoms with Crippen molar-refractivity contribution in [2.45, 2.75) is 44.3 Å². The van der Waals surface area contributed by atoms with E-state index in [4.69, 9.17) is 0 Å². The van der Waals surface area contributed by atoms with Crippen LogP contribution in [0.2, 0.25) is 0 Å². The van der Waals surface area contributed by atoms with E-state index in [2.05, 4.69) is 40.8 Å². The van der Waals surface area contributed by atoms with Gasteiger partial charge in [-0.25, -0.2) is 0 Å². The Labute approximate surface area is 112 Å². The van der Waals surface area contributed by atoms with Crippen LogP contribution in [0.15, 0.2) is 24.4 Å². The molecular weight excluding hydrogens is 241 g/mol. The predicted octanol–water partition coefficient (Wildman–Crippen LogP) is 2.64. The minimum Gasteiger partial charge on any atom is -0.307 e. The second-order valence-corrected chi connectivity index (χ2v) is 6.15. The van der Waals surface area contributed by atoms with E-state index in [1.807, 2.05) is 12.3 Å². The van der Waals surface area contributed by atoms with E-state index in [1.54, 1.807) is 0 Å². The quantitative estimate of drug-likeness (QED) is 0.830. The number of nitrogens with one attached hydrogen (secondary N) is 1. The highest BCUT2D eigenvalue weighted by molar-refractivity contribution is 7.34. The number of likely N-dealkylation sites (N-methyl/N-ethyl adjacent to an activating group) is 1. The van der Waals surface area contributed by atoms with Crippen molar-refractivity contribution >= 4 is 8.73 Å². The average Bonchev–Trinajstić information content (AvgIpc) is 2.45. The van der Waals surface area contributed by atoms with E-state index in [-0.39, 0.29) is 0 Å². The maximum absolute atomic E-state index is 4.38. The summed E-state index contributed by atoms with van der Waals surface area (Å²) in [5.74, 6) is 0. The van der Waals surface area contributed by atoms with Gasteiger partial charge in [-0.3, -0.25) is 9.65 Å². The third-order valence-electron chi connectivity index (χ3n) is 3.85. The van der Waals surface area contributed by atoms with Crippen molar-refractivity contribution in [3.05, 3.63) is 30.1 Å². The van der Waals surface area contributed by atoms with Gasteiger partial charge >= 0.3 is 0 Å². The molecule has 2 rings (SSSR count). The molecule has 18 heavy (non-hydrogen) atoms. The van der Waals surface area contributed by atoms with Crippen molar-refractivity contribution in [3.63, 3.8) is 0 Å².